The first-order chi connectivity index (χ1) is 12.8. The fraction of sp³-hybridized carbons (Fsp3) is 0.0556. The SMILES string of the molecule is O=C(Nc1cccnc1)c1cnn2ccc(NCc3ccccn3)nc12. The van der Waals surface area contributed by atoms with Gasteiger partial charge >= 0.3 is 0 Å². The Morgan fingerprint density at radius 1 is 1.08 bits per heavy atom. The van der Waals surface area contributed by atoms with Gasteiger partial charge in [0, 0.05) is 18.6 Å². The molecule has 4 rings (SSSR count). The third-order valence-corrected chi connectivity index (χ3v) is 3.71. The monoisotopic (exact) mass is 345 g/mol. The quantitative estimate of drug-likeness (QED) is 0.576. The average molecular weight is 345 g/mol. The zero-order chi connectivity index (χ0) is 17.8. The van der Waals surface area contributed by atoms with E-state index < -0.39 is 0 Å². The number of pyridine rings is 2. The van der Waals surface area contributed by atoms with Crippen LogP contribution >= 0.6 is 0 Å². The molecule has 2 N–H and O–H groups in total. The Labute approximate surface area is 149 Å². The number of hydrogen-bond acceptors (Lipinski definition) is 6. The van der Waals surface area contributed by atoms with Gasteiger partial charge in [-0.15, -0.1) is 0 Å². The highest BCUT2D eigenvalue weighted by Gasteiger charge is 2.15. The summed E-state index contributed by atoms with van der Waals surface area (Å²) in [5.41, 5.74) is 2.37. The van der Waals surface area contributed by atoms with Crippen LogP contribution in [0, 0.1) is 0 Å². The molecule has 0 fully saturated rings. The number of carbonyl (C=O) groups excluding carboxylic acids is 1. The summed E-state index contributed by atoms with van der Waals surface area (Å²) in [5, 5.41) is 10.2. The number of carbonyl (C=O) groups is 1. The van der Waals surface area contributed by atoms with Crippen molar-refractivity contribution in [2.45, 2.75) is 6.54 Å². The van der Waals surface area contributed by atoms with Crippen molar-refractivity contribution >= 4 is 23.1 Å². The van der Waals surface area contributed by atoms with Gasteiger partial charge in [-0.05, 0) is 30.3 Å². The molecule has 0 unspecified atom stereocenters. The van der Waals surface area contributed by atoms with E-state index in [0.29, 0.717) is 29.3 Å². The van der Waals surface area contributed by atoms with Crippen LogP contribution in [0.5, 0.6) is 0 Å². The highest BCUT2D eigenvalue weighted by atomic mass is 16.1. The van der Waals surface area contributed by atoms with E-state index in [9.17, 15) is 4.79 Å². The summed E-state index contributed by atoms with van der Waals surface area (Å²) < 4.78 is 1.56. The second-order valence-electron chi connectivity index (χ2n) is 5.51. The first-order valence-electron chi connectivity index (χ1n) is 7.99. The van der Waals surface area contributed by atoms with Gasteiger partial charge in [-0.3, -0.25) is 14.8 Å². The summed E-state index contributed by atoms with van der Waals surface area (Å²) in [6.45, 7) is 0.537. The highest BCUT2D eigenvalue weighted by molar-refractivity contribution is 6.08. The Hall–Kier alpha value is -3.81. The molecule has 1 amide bonds. The molecular weight excluding hydrogens is 330 g/mol. The zero-order valence-electron chi connectivity index (χ0n) is 13.7. The Morgan fingerprint density at radius 3 is 2.85 bits per heavy atom. The zero-order valence-corrected chi connectivity index (χ0v) is 13.7. The van der Waals surface area contributed by atoms with E-state index in [1.165, 1.54) is 6.20 Å². The molecule has 0 bridgehead atoms. The van der Waals surface area contributed by atoms with Gasteiger partial charge in [-0.25, -0.2) is 9.50 Å². The molecular formula is C18H15N7O. The molecule has 0 aromatic carbocycles. The van der Waals surface area contributed by atoms with Crippen molar-refractivity contribution in [2.75, 3.05) is 10.6 Å². The number of hydrogen-bond donors (Lipinski definition) is 2. The van der Waals surface area contributed by atoms with E-state index in [4.69, 9.17) is 0 Å². The molecule has 0 aliphatic rings. The fourth-order valence-corrected chi connectivity index (χ4v) is 2.45. The lowest BCUT2D eigenvalue weighted by molar-refractivity contribution is 0.102. The molecule has 0 saturated carbocycles. The van der Waals surface area contributed by atoms with Crippen molar-refractivity contribution in [1.82, 2.24) is 24.6 Å². The molecule has 0 saturated heterocycles. The summed E-state index contributed by atoms with van der Waals surface area (Å²) in [7, 11) is 0. The maximum atomic E-state index is 12.5. The topological polar surface area (TPSA) is 97.1 Å². The van der Waals surface area contributed by atoms with Crippen LogP contribution in [0.2, 0.25) is 0 Å². The first kappa shape index (κ1) is 15.7. The number of nitrogens with zero attached hydrogens (tertiary/aromatic N) is 5. The van der Waals surface area contributed by atoms with Gasteiger partial charge in [-0.1, -0.05) is 6.07 Å². The highest BCUT2D eigenvalue weighted by Crippen LogP contribution is 2.14. The molecule has 4 aromatic rings. The van der Waals surface area contributed by atoms with Crippen molar-refractivity contribution < 1.29 is 4.79 Å². The van der Waals surface area contributed by atoms with Crippen LogP contribution in [-0.4, -0.2) is 30.5 Å². The third-order valence-electron chi connectivity index (χ3n) is 3.71. The Balaban J connectivity index is 1.55. The molecule has 8 heteroatoms. The Kier molecular flexibility index (Phi) is 4.21. The molecule has 26 heavy (non-hydrogen) atoms. The molecule has 4 aromatic heterocycles. The van der Waals surface area contributed by atoms with Gasteiger partial charge < -0.3 is 10.6 Å². The van der Waals surface area contributed by atoms with Gasteiger partial charge in [0.25, 0.3) is 5.91 Å². The van der Waals surface area contributed by atoms with E-state index in [1.807, 2.05) is 18.2 Å². The lowest BCUT2D eigenvalue weighted by Gasteiger charge is -2.06. The number of nitrogens with one attached hydrogen (secondary N) is 2. The number of rotatable bonds is 5. The van der Waals surface area contributed by atoms with Crippen LogP contribution in [0.3, 0.4) is 0 Å². The smallest absolute Gasteiger partial charge is 0.261 e. The van der Waals surface area contributed by atoms with Gasteiger partial charge in [0.15, 0.2) is 5.65 Å². The van der Waals surface area contributed by atoms with Crippen LogP contribution in [0.4, 0.5) is 11.5 Å². The Morgan fingerprint density at radius 2 is 2.04 bits per heavy atom. The maximum absolute atomic E-state index is 12.5. The molecule has 0 radical (unpaired) electrons. The predicted octanol–water partition coefficient (Wildman–Crippen LogP) is 2.38. The number of amides is 1. The summed E-state index contributed by atoms with van der Waals surface area (Å²) in [6, 6.07) is 11.0. The van der Waals surface area contributed by atoms with Crippen molar-refractivity contribution in [3.05, 3.63) is 78.6 Å². The number of anilines is 2. The van der Waals surface area contributed by atoms with Crippen LogP contribution < -0.4 is 10.6 Å². The summed E-state index contributed by atoms with van der Waals surface area (Å²) in [4.78, 5) is 25.3. The minimum absolute atomic E-state index is 0.289. The second-order valence-corrected chi connectivity index (χ2v) is 5.51. The fourth-order valence-electron chi connectivity index (χ4n) is 2.45. The lowest BCUT2D eigenvalue weighted by atomic mass is 10.3. The molecule has 8 nitrogen and oxygen atoms in total. The summed E-state index contributed by atoms with van der Waals surface area (Å²) in [5.74, 6) is 0.349. The standard InChI is InChI=1S/C18H15N7O/c26-18(23-14-5-3-7-19-10-14)15-12-22-25-9-6-16(24-17(15)25)21-11-13-4-1-2-8-20-13/h1-10,12H,11H2,(H,21,24)(H,23,26). The molecule has 0 aliphatic heterocycles. The minimum atomic E-state index is -0.289. The van der Waals surface area contributed by atoms with E-state index in [1.54, 1.807) is 47.5 Å². The lowest BCUT2D eigenvalue weighted by Crippen LogP contribution is -2.12. The van der Waals surface area contributed by atoms with Gasteiger partial charge in [-0.2, -0.15) is 5.10 Å². The van der Waals surface area contributed by atoms with E-state index in [2.05, 4.69) is 30.7 Å². The molecule has 0 spiro atoms. The van der Waals surface area contributed by atoms with Crippen LogP contribution in [-0.2, 0) is 6.54 Å². The van der Waals surface area contributed by atoms with Gasteiger partial charge in [0.05, 0.1) is 30.3 Å². The van der Waals surface area contributed by atoms with Crippen molar-refractivity contribution in [3.8, 4) is 0 Å². The molecule has 4 heterocycles. The molecule has 0 aliphatic carbocycles. The normalized spacial score (nSPS) is 10.6. The minimum Gasteiger partial charge on any atom is -0.364 e. The van der Waals surface area contributed by atoms with Crippen molar-refractivity contribution in [2.24, 2.45) is 0 Å². The van der Waals surface area contributed by atoms with Crippen molar-refractivity contribution in [1.29, 1.82) is 0 Å². The molecule has 0 atom stereocenters. The summed E-state index contributed by atoms with van der Waals surface area (Å²) in [6.07, 6.45) is 8.22. The van der Waals surface area contributed by atoms with Gasteiger partial charge in [0.1, 0.15) is 11.4 Å². The summed E-state index contributed by atoms with van der Waals surface area (Å²) >= 11 is 0. The average Bonchev–Trinajstić information content (AvgIpc) is 3.11. The van der Waals surface area contributed by atoms with Gasteiger partial charge in [0.2, 0.25) is 0 Å². The first-order valence-corrected chi connectivity index (χ1v) is 7.99. The van der Waals surface area contributed by atoms with E-state index in [-0.39, 0.29) is 5.91 Å². The van der Waals surface area contributed by atoms with Crippen LogP contribution in [0.1, 0.15) is 16.1 Å². The van der Waals surface area contributed by atoms with Crippen LogP contribution in [0.15, 0.2) is 67.4 Å². The van der Waals surface area contributed by atoms with E-state index in [0.717, 1.165) is 5.69 Å². The van der Waals surface area contributed by atoms with E-state index >= 15 is 0 Å². The number of aromatic nitrogens is 5. The maximum Gasteiger partial charge on any atom is 0.261 e. The Bertz CT molecular complexity index is 1030. The van der Waals surface area contributed by atoms with Crippen LogP contribution in [0.25, 0.3) is 5.65 Å². The van der Waals surface area contributed by atoms with Crippen molar-refractivity contribution in [3.63, 3.8) is 0 Å². The molecule has 128 valence electrons. The third kappa shape index (κ3) is 3.34. The largest absolute Gasteiger partial charge is 0.364 e. The second kappa shape index (κ2) is 6.98. The predicted molar refractivity (Wildman–Crippen MR) is 96.7 cm³/mol. The number of fused-ring (bicyclic) bond motifs is 1.